The predicted octanol–water partition coefficient (Wildman–Crippen LogP) is 3.20. The van der Waals surface area contributed by atoms with Crippen LogP contribution in [-0.4, -0.2) is 28.3 Å². The van der Waals surface area contributed by atoms with Gasteiger partial charge in [0.15, 0.2) is 0 Å². The number of rotatable bonds is 2. The van der Waals surface area contributed by atoms with E-state index in [2.05, 4.69) is 4.98 Å². The number of aromatic nitrogens is 1. The van der Waals surface area contributed by atoms with Gasteiger partial charge < -0.3 is 9.84 Å². The summed E-state index contributed by atoms with van der Waals surface area (Å²) in [7, 11) is 0. The molecular formula is C13H11F6NO2. The van der Waals surface area contributed by atoms with E-state index in [-0.39, 0.29) is 12.8 Å². The summed E-state index contributed by atoms with van der Waals surface area (Å²) in [5.41, 5.74) is -2.77. The fourth-order valence-corrected chi connectivity index (χ4v) is 2.66. The molecule has 1 N–H and O–H groups in total. The summed E-state index contributed by atoms with van der Waals surface area (Å²) in [5.74, 6) is -4.12. The Hall–Kier alpha value is -1.51. The number of ether oxygens (including phenoxy) is 1. The second-order valence-corrected chi connectivity index (χ2v) is 5.52. The maximum absolute atomic E-state index is 13.6. The minimum atomic E-state index is -4.92. The van der Waals surface area contributed by atoms with E-state index in [0.29, 0.717) is 6.20 Å². The minimum Gasteiger partial charge on any atom is -0.474 e. The van der Waals surface area contributed by atoms with Gasteiger partial charge in [0.05, 0.1) is 5.56 Å². The van der Waals surface area contributed by atoms with E-state index >= 15 is 0 Å². The van der Waals surface area contributed by atoms with Crippen LogP contribution in [0.5, 0.6) is 5.88 Å². The average molecular weight is 327 g/mol. The van der Waals surface area contributed by atoms with Crippen molar-refractivity contribution in [3.05, 3.63) is 22.9 Å². The second kappa shape index (κ2) is 4.74. The van der Waals surface area contributed by atoms with E-state index in [0.717, 1.165) is 0 Å². The van der Waals surface area contributed by atoms with Crippen LogP contribution in [0.1, 0.15) is 35.6 Å². The van der Waals surface area contributed by atoms with E-state index in [1.807, 2.05) is 0 Å². The first-order valence-electron chi connectivity index (χ1n) is 6.55. The molecule has 0 radical (unpaired) electrons. The molecule has 2 aliphatic carbocycles. The van der Waals surface area contributed by atoms with Gasteiger partial charge in [-0.3, -0.25) is 0 Å². The van der Waals surface area contributed by atoms with Crippen LogP contribution in [0, 0.1) is 0 Å². The molecule has 0 saturated heterocycles. The Morgan fingerprint density at radius 2 is 1.91 bits per heavy atom. The van der Waals surface area contributed by atoms with Gasteiger partial charge in [0.2, 0.25) is 5.88 Å². The molecule has 3 rings (SSSR count). The Kier molecular flexibility index (Phi) is 3.32. The van der Waals surface area contributed by atoms with Gasteiger partial charge in [-0.05, 0) is 0 Å². The monoisotopic (exact) mass is 327 g/mol. The van der Waals surface area contributed by atoms with Crippen LogP contribution >= 0.6 is 0 Å². The van der Waals surface area contributed by atoms with Crippen LogP contribution in [-0.2, 0) is 12.6 Å². The molecule has 1 fully saturated rings. The fraction of sp³-hybridized carbons (Fsp3) is 0.615. The molecule has 1 heterocycles. The molecule has 0 amide bonds. The summed E-state index contributed by atoms with van der Waals surface area (Å²) < 4.78 is 83.9. The maximum Gasteiger partial charge on any atom is 0.418 e. The van der Waals surface area contributed by atoms with Gasteiger partial charge in [-0.25, -0.2) is 18.2 Å². The summed E-state index contributed by atoms with van der Waals surface area (Å²) in [6.45, 7) is 0. The van der Waals surface area contributed by atoms with Crippen molar-refractivity contribution < 1.29 is 36.2 Å². The third kappa shape index (κ3) is 2.41. The average Bonchev–Trinajstić information content (AvgIpc) is 2.58. The van der Waals surface area contributed by atoms with Gasteiger partial charge in [-0.15, -0.1) is 0 Å². The highest BCUT2D eigenvalue weighted by Crippen LogP contribution is 2.50. The molecule has 2 aliphatic rings. The Labute approximate surface area is 120 Å². The molecule has 0 spiro atoms. The smallest absolute Gasteiger partial charge is 0.418 e. The fourth-order valence-electron chi connectivity index (χ4n) is 2.66. The Balaban J connectivity index is 2.02. The third-order valence-corrected chi connectivity index (χ3v) is 3.89. The number of halogens is 6. The molecule has 0 unspecified atom stereocenters. The second-order valence-electron chi connectivity index (χ2n) is 5.52. The number of pyridine rings is 1. The van der Waals surface area contributed by atoms with Crippen molar-refractivity contribution in [2.45, 2.75) is 49.7 Å². The predicted molar refractivity (Wildman–Crippen MR) is 61.4 cm³/mol. The third-order valence-electron chi connectivity index (χ3n) is 3.89. The molecule has 122 valence electrons. The van der Waals surface area contributed by atoms with Gasteiger partial charge in [0.1, 0.15) is 18.4 Å². The molecular weight excluding hydrogens is 316 g/mol. The molecule has 0 aromatic carbocycles. The van der Waals surface area contributed by atoms with Crippen LogP contribution in [0.4, 0.5) is 26.3 Å². The number of aliphatic hydroxyl groups is 1. The molecule has 1 saturated carbocycles. The lowest BCUT2D eigenvalue weighted by Gasteiger charge is -2.30. The maximum atomic E-state index is 13.6. The van der Waals surface area contributed by atoms with Crippen molar-refractivity contribution in [3.8, 4) is 5.88 Å². The minimum absolute atomic E-state index is 0.0381. The highest BCUT2D eigenvalue weighted by molar-refractivity contribution is 5.48. The zero-order valence-corrected chi connectivity index (χ0v) is 11.0. The van der Waals surface area contributed by atoms with Gasteiger partial charge in [-0.1, -0.05) is 0 Å². The Morgan fingerprint density at radius 3 is 2.45 bits per heavy atom. The SMILES string of the molecule is O[C@H]1c2c(C(F)(F)F)cnc(OC3CC(F)C3)c2CC1(F)F. The van der Waals surface area contributed by atoms with Crippen molar-refractivity contribution in [2.24, 2.45) is 0 Å². The van der Waals surface area contributed by atoms with Gasteiger partial charge in [0, 0.05) is 36.6 Å². The van der Waals surface area contributed by atoms with Gasteiger partial charge in [-0.2, -0.15) is 13.2 Å². The first-order valence-corrected chi connectivity index (χ1v) is 6.55. The Bertz CT molecular complexity index is 597. The van der Waals surface area contributed by atoms with Crippen LogP contribution in [0.3, 0.4) is 0 Å². The molecule has 1 aromatic heterocycles. The summed E-state index contributed by atoms with van der Waals surface area (Å²) >= 11 is 0. The van der Waals surface area contributed by atoms with E-state index in [9.17, 15) is 31.4 Å². The molecule has 1 aromatic rings. The zero-order valence-electron chi connectivity index (χ0n) is 11.0. The Morgan fingerprint density at radius 1 is 1.27 bits per heavy atom. The van der Waals surface area contributed by atoms with Crippen LogP contribution in [0.2, 0.25) is 0 Å². The van der Waals surface area contributed by atoms with Crippen LogP contribution in [0.25, 0.3) is 0 Å². The number of alkyl halides is 6. The number of nitrogens with zero attached hydrogens (tertiary/aromatic N) is 1. The van der Waals surface area contributed by atoms with E-state index < -0.39 is 59.5 Å². The summed E-state index contributed by atoms with van der Waals surface area (Å²) in [6.07, 6.45) is -9.81. The van der Waals surface area contributed by atoms with Crippen molar-refractivity contribution in [1.82, 2.24) is 4.98 Å². The molecule has 0 bridgehead atoms. The standard InChI is InChI=1S/C13H11F6NO2/c14-5-1-6(2-5)22-11-7-3-12(15,16)10(21)9(7)8(4-20-11)13(17,18)19/h4-6,10,21H,1-3H2/t5?,6?,10-/m0/s1. The summed E-state index contributed by atoms with van der Waals surface area (Å²) in [6, 6.07) is 0. The van der Waals surface area contributed by atoms with Gasteiger partial charge in [0.25, 0.3) is 5.92 Å². The van der Waals surface area contributed by atoms with Crippen molar-refractivity contribution in [2.75, 3.05) is 0 Å². The van der Waals surface area contributed by atoms with Gasteiger partial charge >= 0.3 is 6.18 Å². The number of hydrogen-bond acceptors (Lipinski definition) is 3. The topological polar surface area (TPSA) is 42.4 Å². The molecule has 0 aliphatic heterocycles. The quantitative estimate of drug-likeness (QED) is 0.848. The van der Waals surface area contributed by atoms with Crippen LogP contribution in [0.15, 0.2) is 6.20 Å². The first-order chi connectivity index (χ1) is 10.1. The number of fused-ring (bicyclic) bond motifs is 1. The van der Waals surface area contributed by atoms with E-state index in [1.165, 1.54) is 0 Å². The summed E-state index contributed by atoms with van der Waals surface area (Å²) in [5, 5.41) is 9.53. The normalized spacial score (nSPS) is 29.9. The lowest BCUT2D eigenvalue weighted by atomic mass is 9.93. The number of aliphatic hydroxyl groups excluding tert-OH is 1. The lowest BCUT2D eigenvalue weighted by Crippen LogP contribution is -2.35. The summed E-state index contributed by atoms with van der Waals surface area (Å²) in [4.78, 5) is 3.45. The highest BCUT2D eigenvalue weighted by atomic mass is 19.4. The van der Waals surface area contributed by atoms with E-state index in [4.69, 9.17) is 4.74 Å². The molecule has 22 heavy (non-hydrogen) atoms. The first kappa shape index (κ1) is 15.4. The zero-order chi connectivity index (χ0) is 16.3. The molecule has 9 heteroatoms. The van der Waals surface area contributed by atoms with Crippen LogP contribution < -0.4 is 4.74 Å². The highest BCUT2D eigenvalue weighted by Gasteiger charge is 2.53. The molecule has 3 nitrogen and oxygen atoms in total. The lowest BCUT2D eigenvalue weighted by molar-refractivity contribution is -0.142. The largest absolute Gasteiger partial charge is 0.474 e. The van der Waals surface area contributed by atoms with Crippen molar-refractivity contribution >= 4 is 0 Å². The number of hydrogen-bond donors (Lipinski definition) is 1. The molecule has 1 atom stereocenters. The van der Waals surface area contributed by atoms with Crippen molar-refractivity contribution in [1.29, 1.82) is 0 Å². The van der Waals surface area contributed by atoms with Crippen molar-refractivity contribution in [3.63, 3.8) is 0 Å². The van der Waals surface area contributed by atoms with E-state index in [1.54, 1.807) is 0 Å².